The molecule has 1 aliphatic heterocycles. The fraction of sp³-hybridized carbons (Fsp3) is 0.600. The van der Waals surface area contributed by atoms with Crippen molar-refractivity contribution in [2.24, 2.45) is 5.92 Å². The highest BCUT2D eigenvalue weighted by Crippen LogP contribution is 2.32. The molecule has 0 bridgehead atoms. The number of benzene rings is 1. The Hall–Kier alpha value is -0.210. The van der Waals surface area contributed by atoms with E-state index in [1.807, 2.05) is 0 Å². The minimum Gasteiger partial charge on any atom is -0.369 e. The van der Waals surface area contributed by atoms with Gasteiger partial charge in [0.25, 0.3) is 0 Å². The van der Waals surface area contributed by atoms with Crippen LogP contribution in [-0.4, -0.2) is 12.6 Å². The number of hydrogen-bond acceptors (Lipinski definition) is 1. The molecule has 1 fully saturated rings. The molecule has 0 spiro atoms. The van der Waals surface area contributed by atoms with Gasteiger partial charge in [-0.1, -0.05) is 35.3 Å². The summed E-state index contributed by atoms with van der Waals surface area (Å²) >= 11 is 9.52. The van der Waals surface area contributed by atoms with E-state index in [-0.39, 0.29) is 0 Å². The SMILES string of the molecule is CCC1CCC(C)N(c2ccc(CCl)c(Br)c2)C1. The van der Waals surface area contributed by atoms with E-state index in [2.05, 4.69) is 52.9 Å². The molecule has 1 aromatic rings. The molecule has 2 unspecified atom stereocenters. The molecule has 18 heavy (non-hydrogen) atoms. The molecule has 0 aromatic heterocycles. The molecule has 1 aromatic carbocycles. The van der Waals surface area contributed by atoms with Gasteiger partial charge in [-0.3, -0.25) is 0 Å². The van der Waals surface area contributed by atoms with Gasteiger partial charge in [0.2, 0.25) is 0 Å². The molecule has 0 aliphatic carbocycles. The summed E-state index contributed by atoms with van der Waals surface area (Å²) in [6.45, 7) is 5.81. The second-order valence-corrected chi connectivity index (χ2v) is 6.38. The molecule has 1 nitrogen and oxygen atoms in total. The van der Waals surface area contributed by atoms with E-state index in [4.69, 9.17) is 11.6 Å². The van der Waals surface area contributed by atoms with E-state index in [0.29, 0.717) is 11.9 Å². The summed E-state index contributed by atoms with van der Waals surface area (Å²) in [6, 6.07) is 7.19. The maximum atomic E-state index is 5.90. The molecule has 100 valence electrons. The topological polar surface area (TPSA) is 3.24 Å². The number of anilines is 1. The molecular formula is C15H21BrClN. The van der Waals surface area contributed by atoms with Crippen LogP contribution in [0.3, 0.4) is 0 Å². The Kier molecular flexibility index (Phi) is 4.97. The van der Waals surface area contributed by atoms with Gasteiger partial charge in [-0.25, -0.2) is 0 Å². The number of nitrogens with zero attached hydrogens (tertiary/aromatic N) is 1. The largest absolute Gasteiger partial charge is 0.369 e. The van der Waals surface area contributed by atoms with Crippen molar-refractivity contribution in [3.8, 4) is 0 Å². The van der Waals surface area contributed by atoms with Crippen LogP contribution in [0.1, 0.15) is 38.7 Å². The van der Waals surface area contributed by atoms with Crippen molar-refractivity contribution in [2.45, 2.75) is 45.0 Å². The number of piperidine rings is 1. The summed E-state index contributed by atoms with van der Waals surface area (Å²) in [5.41, 5.74) is 2.48. The molecule has 0 saturated carbocycles. The fourth-order valence-corrected chi connectivity index (χ4v) is 3.60. The molecule has 2 rings (SSSR count). The zero-order valence-corrected chi connectivity index (χ0v) is 13.5. The van der Waals surface area contributed by atoms with Crippen LogP contribution in [0.25, 0.3) is 0 Å². The van der Waals surface area contributed by atoms with Crippen LogP contribution in [0.4, 0.5) is 5.69 Å². The maximum absolute atomic E-state index is 5.90. The molecule has 3 heteroatoms. The number of rotatable bonds is 3. The van der Waals surface area contributed by atoms with Crippen LogP contribution in [0.15, 0.2) is 22.7 Å². The predicted molar refractivity (Wildman–Crippen MR) is 83.5 cm³/mol. The lowest BCUT2D eigenvalue weighted by Gasteiger charge is -2.39. The maximum Gasteiger partial charge on any atom is 0.0485 e. The third-order valence-corrected chi connectivity index (χ3v) is 5.10. The molecule has 1 heterocycles. The van der Waals surface area contributed by atoms with E-state index in [1.165, 1.54) is 31.5 Å². The first-order valence-electron chi connectivity index (χ1n) is 6.76. The molecule has 0 radical (unpaired) electrons. The van der Waals surface area contributed by atoms with E-state index < -0.39 is 0 Å². The first kappa shape index (κ1) is 14.2. The van der Waals surface area contributed by atoms with E-state index in [9.17, 15) is 0 Å². The second-order valence-electron chi connectivity index (χ2n) is 5.26. The van der Waals surface area contributed by atoms with Crippen molar-refractivity contribution < 1.29 is 0 Å². The molecule has 0 amide bonds. The average molecular weight is 331 g/mol. The molecule has 1 aliphatic rings. The van der Waals surface area contributed by atoms with Crippen LogP contribution in [0, 0.1) is 5.92 Å². The van der Waals surface area contributed by atoms with E-state index >= 15 is 0 Å². The Morgan fingerprint density at radius 3 is 2.78 bits per heavy atom. The van der Waals surface area contributed by atoms with E-state index in [0.717, 1.165) is 16.0 Å². The molecule has 0 N–H and O–H groups in total. The first-order chi connectivity index (χ1) is 8.65. The number of halogens is 2. The lowest BCUT2D eigenvalue weighted by atomic mass is 9.91. The third kappa shape index (κ3) is 3.03. The van der Waals surface area contributed by atoms with E-state index in [1.54, 1.807) is 0 Å². The average Bonchev–Trinajstić information content (AvgIpc) is 2.39. The highest BCUT2D eigenvalue weighted by atomic mass is 79.9. The van der Waals surface area contributed by atoms with Crippen LogP contribution in [0.2, 0.25) is 0 Å². The summed E-state index contributed by atoms with van der Waals surface area (Å²) in [6.07, 6.45) is 3.95. The van der Waals surface area contributed by atoms with Crippen LogP contribution < -0.4 is 4.90 Å². The normalized spacial score (nSPS) is 24.3. The van der Waals surface area contributed by atoms with Crippen LogP contribution in [0.5, 0.6) is 0 Å². The van der Waals surface area contributed by atoms with Gasteiger partial charge in [-0.2, -0.15) is 0 Å². The van der Waals surface area contributed by atoms with Crippen molar-refractivity contribution >= 4 is 33.2 Å². The molecule has 1 saturated heterocycles. The Morgan fingerprint density at radius 1 is 1.39 bits per heavy atom. The van der Waals surface area contributed by atoms with Crippen molar-refractivity contribution in [2.75, 3.05) is 11.4 Å². The Labute approximate surface area is 124 Å². The van der Waals surface area contributed by atoms with Crippen LogP contribution in [-0.2, 0) is 5.88 Å². The second kappa shape index (κ2) is 6.29. The van der Waals surface area contributed by atoms with Crippen molar-refractivity contribution in [1.29, 1.82) is 0 Å². The standard InChI is InChI=1S/C15H21BrClN/c1-3-12-5-4-11(2)18(10-12)14-7-6-13(9-17)15(16)8-14/h6-8,11-12H,3-5,9-10H2,1-2H3. The lowest BCUT2D eigenvalue weighted by Crippen LogP contribution is -2.41. The predicted octanol–water partition coefficient (Wildman–Crippen LogP) is 5.20. The van der Waals surface area contributed by atoms with Crippen LogP contribution >= 0.6 is 27.5 Å². The minimum atomic E-state index is 0.563. The Balaban J connectivity index is 2.21. The van der Waals surface area contributed by atoms with Crippen molar-refractivity contribution in [3.63, 3.8) is 0 Å². The number of hydrogen-bond donors (Lipinski definition) is 0. The fourth-order valence-electron chi connectivity index (χ4n) is 2.70. The monoisotopic (exact) mass is 329 g/mol. The first-order valence-corrected chi connectivity index (χ1v) is 8.09. The minimum absolute atomic E-state index is 0.563. The van der Waals surface area contributed by atoms with Crippen molar-refractivity contribution in [1.82, 2.24) is 0 Å². The summed E-state index contributed by atoms with van der Waals surface area (Å²) < 4.78 is 1.13. The van der Waals surface area contributed by atoms with Gasteiger partial charge in [0.15, 0.2) is 0 Å². The van der Waals surface area contributed by atoms with Gasteiger partial charge in [0.1, 0.15) is 0 Å². The van der Waals surface area contributed by atoms with Gasteiger partial charge in [0, 0.05) is 28.6 Å². The summed E-state index contributed by atoms with van der Waals surface area (Å²) in [7, 11) is 0. The zero-order valence-electron chi connectivity index (χ0n) is 11.1. The number of alkyl halides is 1. The molecule has 2 atom stereocenters. The van der Waals surface area contributed by atoms with Crippen molar-refractivity contribution in [3.05, 3.63) is 28.2 Å². The Bertz CT molecular complexity index is 407. The third-order valence-electron chi connectivity index (χ3n) is 4.07. The summed E-state index contributed by atoms with van der Waals surface area (Å²) in [4.78, 5) is 2.54. The summed E-state index contributed by atoms with van der Waals surface area (Å²) in [5, 5.41) is 0. The highest BCUT2D eigenvalue weighted by Gasteiger charge is 2.24. The lowest BCUT2D eigenvalue weighted by molar-refractivity contribution is 0.359. The van der Waals surface area contributed by atoms with Gasteiger partial charge in [0.05, 0.1) is 0 Å². The zero-order chi connectivity index (χ0) is 13.1. The van der Waals surface area contributed by atoms with Gasteiger partial charge < -0.3 is 4.90 Å². The van der Waals surface area contributed by atoms with Gasteiger partial charge in [-0.05, 0) is 43.4 Å². The van der Waals surface area contributed by atoms with Gasteiger partial charge in [-0.15, -0.1) is 11.6 Å². The molecular weight excluding hydrogens is 310 g/mol. The quantitative estimate of drug-likeness (QED) is 0.688. The smallest absolute Gasteiger partial charge is 0.0485 e. The van der Waals surface area contributed by atoms with Gasteiger partial charge >= 0.3 is 0 Å². The highest BCUT2D eigenvalue weighted by molar-refractivity contribution is 9.10. The summed E-state index contributed by atoms with van der Waals surface area (Å²) in [5.74, 6) is 1.40. The Morgan fingerprint density at radius 2 is 2.17 bits per heavy atom.